The second-order valence-electron chi connectivity index (χ2n) is 3.44. The fourth-order valence-corrected chi connectivity index (χ4v) is 1.96. The monoisotopic (exact) mass is 167 g/mol. The number of nitrogens with two attached hydrogens (primary N) is 1. The molecule has 1 aromatic heterocycles. The highest BCUT2D eigenvalue weighted by Gasteiger charge is 2.38. The van der Waals surface area contributed by atoms with Crippen LogP contribution < -0.4 is 5.73 Å². The van der Waals surface area contributed by atoms with Gasteiger partial charge in [0, 0.05) is 6.54 Å². The molecular formula is C8H13N3O. The summed E-state index contributed by atoms with van der Waals surface area (Å²) in [6, 6.07) is 0. The second-order valence-corrected chi connectivity index (χ2v) is 3.44. The van der Waals surface area contributed by atoms with E-state index < -0.39 is 0 Å². The zero-order valence-electron chi connectivity index (χ0n) is 6.99. The van der Waals surface area contributed by atoms with Gasteiger partial charge >= 0.3 is 0 Å². The highest BCUT2D eigenvalue weighted by atomic mass is 16.5. The Hall–Kier alpha value is -0.900. The molecule has 0 bridgehead atoms. The van der Waals surface area contributed by atoms with Gasteiger partial charge in [0.2, 0.25) is 5.89 Å². The lowest BCUT2D eigenvalue weighted by Gasteiger charge is -2.21. The van der Waals surface area contributed by atoms with Gasteiger partial charge < -0.3 is 10.3 Å². The van der Waals surface area contributed by atoms with Crippen molar-refractivity contribution in [3.8, 4) is 0 Å². The first-order valence-electron chi connectivity index (χ1n) is 4.35. The fourth-order valence-electron chi connectivity index (χ4n) is 1.96. The summed E-state index contributed by atoms with van der Waals surface area (Å²) >= 11 is 0. The lowest BCUT2D eigenvalue weighted by Crippen LogP contribution is -2.32. The minimum Gasteiger partial charge on any atom is -0.339 e. The Labute approximate surface area is 71.1 Å². The van der Waals surface area contributed by atoms with Gasteiger partial charge in [0.1, 0.15) is 0 Å². The van der Waals surface area contributed by atoms with Crippen molar-refractivity contribution in [2.75, 3.05) is 6.54 Å². The maximum Gasteiger partial charge on any atom is 0.233 e. The highest BCUT2D eigenvalue weighted by Crippen LogP contribution is 2.38. The molecule has 12 heavy (non-hydrogen) atoms. The van der Waals surface area contributed by atoms with Crippen molar-refractivity contribution in [2.45, 2.75) is 31.1 Å². The Morgan fingerprint density at radius 2 is 2.25 bits per heavy atom. The van der Waals surface area contributed by atoms with Crippen LogP contribution in [0.4, 0.5) is 0 Å². The van der Waals surface area contributed by atoms with Crippen LogP contribution in [0.1, 0.15) is 31.6 Å². The average molecular weight is 167 g/mol. The van der Waals surface area contributed by atoms with Gasteiger partial charge in [-0.3, -0.25) is 0 Å². The molecule has 1 aliphatic rings. The van der Waals surface area contributed by atoms with Crippen LogP contribution in [0.25, 0.3) is 0 Å². The molecule has 0 radical (unpaired) electrons. The SMILES string of the molecule is NCC1(c2ncno2)CCCC1. The number of hydrogen-bond acceptors (Lipinski definition) is 4. The van der Waals surface area contributed by atoms with E-state index in [9.17, 15) is 0 Å². The molecule has 0 saturated heterocycles. The lowest BCUT2D eigenvalue weighted by molar-refractivity contribution is 0.284. The molecular weight excluding hydrogens is 154 g/mol. The summed E-state index contributed by atoms with van der Waals surface area (Å²) in [6.45, 7) is 0.620. The summed E-state index contributed by atoms with van der Waals surface area (Å²) in [5.41, 5.74) is 5.73. The van der Waals surface area contributed by atoms with Crippen LogP contribution in [-0.2, 0) is 5.41 Å². The molecule has 0 unspecified atom stereocenters. The molecule has 0 spiro atoms. The largest absolute Gasteiger partial charge is 0.339 e. The Balaban J connectivity index is 2.28. The first kappa shape index (κ1) is 7.73. The van der Waals surface area contributed by atoms with E-state index in [2.05, 4.69) is 10.1 Å². The summed E-state index contributed by atoms with van der Waals surface area (Å²) in [5.74, 6) is 0.725. The third-order valence-electron chi connectivity index (χ3n) is 2.77. The van der Waals surface area contributed by atoms with E-state index in [0.29, 0.717) is 6.54 Å². The van der Waals surface area contributed by atoms with Gasteiger partial charge in [-0.1, -0.05) is 18.0 Å². The van der Waals surface area contributed by atoms with Gasteiger partial charge in [-0.15, -0.1) is 0 Å². The fraction of sp³-hybridized carbons (Fsp3) is 0.750. The van der Waals surface area contributed by atoms with Crippen LogP contribution in [0.2, 0.25) is 0 Å². The predicted molar refractivity (Wildman–Crippen MR) is 43.5 cm³/mol. The van der Waals surface area contributed by atoms with E-state index in [-0.39, 0.29) is 5.41 Å². The van der Waals surface area contributed by atoms with E-state index in [4.69, 9.17) is 10.3 Å². The number of nitrogens with zero attached hydrogens (tertiary/aromatic N) is 2. The van der Waals surface area contributed by atoms with Gasteiger partial charge in [0.15, 0.2) is 6.33 Å². The standard InChI is InChI=1S/C8H13N3O/c9-5-8(3-1-2-4-8)7-10-6-11-12-7/h6H,1-5,9H2. The summed E-state index contributed by atoms with van der Waals surface area (Å²) < 4.78 is 5.07. The first-order valence-corrected chi connectivity index (χ1v) is 4.35. The van der Waals surface area contributed by atoms with E-state index >= 15 is 0 Å². The molecule has 2 N–H and O–H groups in total. The molecule has 4 heteroatoms. The van der Waals surface area contributed by atoms with Gasteiger partial charge in [-0.05, 0) is 12.8 Å². The zero-order chi connectivity index (χ0) is 8.44. The molecule has 66 valence electrons. The maximum absolute atomic E-state index is 5.73. The number of aromatic nitrogens is 2. The quantitative estimate of drug-likeness (QED) is 0.708. The van der Waals surface area contributed by atoms with Gasteiger partial charge in [-0.2, -0.15) is 4.98 Å². The molecule has 4 nitrogen and oxygen atoms in total. The Morgan fingerprint density at radius 3 is 2.75 bits per heavy atom. The summed E-state index contributed by atoms with van der Waals surface area (Å²) in [6.07, 6.45) is 6.07. The second kappa shape index (κ2) is 2.86. The molecule has 1 fully saturated rings. The normalized spacial score (nSPS) is 21.4. The van der Waals surface area contributed by atoms with Crippen molar-refractivity contribution in [1.29, 1.82) is 0 Å². The molecule has 1 saturated carbocycles. The molecule has 0 aliphatic heterocycles. The third-order valence-corrected chi connectivity index (χ3v) is 2.77. The highest BCUT2D eigenvalue weighted by molar-refractivity contribution is 5.07. The van der Waals surface area contributed by atoms with Crippen LogP contribution >= 0.6 is 0 Å². The smallest absolute Gasteiger partial charge is 0.233 e. The minimum atomic E-state index is -0.00347. The minimum absolute atomic E-state index is 0.00347. The average Bonchev–Trinajstić information content (AvgIpc) is 2.76. The van der Waals surface area contributed by atoms with Gasteiger partial charge in [0.25, 0.3) is 0 Å². The van der Waals surface area contributed by atoms with E-state index in [1.54, 1.807) is 0 Å². The maximum atomic E-state index is 5.73. The van der Waals surface area contributed by atoms with Crippen molar-refractivity contribution < 1.29 is 4.52 Å². The van der Waals surface area contributed by atoms with Crippen molar-refractivity contribution in [2.24, 2.45) is 5.73 Å². The molecule has 0 atom stereocenters. The molecule has 0 aromatic carbocycles. The summed E-state index contributed by atoms with van der Waals surface area (Å²) in [4.78, 5) is 4.08. The third kappa shape index (κ3) is 1.03. The van der Waals surface area contributed by atoms with Crippen molar-refractivity contribution in [3.05, 3.63) is 12.2 Å². The van der Waals surface area contributed by atoms with Gasteiger partial charge in [-0.25, -0.2) is 0 Å². The molecule has 1 heterocycles. The van der Waals surface area contributed by atoms with Crippen molar-refractivity contribution in [3.63, 3.8) is 0 Å². The van der Waals surface area contributed by atoms with E-state index in [1.165, 1.54) is 19.2 Å². The summed E-state index contributed by atoms with van der Waals surface area (Å²) in [5, 5.41) is 3.62. The lowest BCUT2D eigenvalue weighted by atomic mass is 9.86. The topological polar surface area (TPSA) is 64.9 Å². The van der Waals surface area contributed by atoms with E-state index in [0.717, 1.165) is 18.7 Å². The Bertz CT molecular complexity index is 239. The molecule has 2 rings (SSSR count). The van der Waals surface area contributed by atoms with E-state index in [1.807, 2.05) is 0 Å². The Morgan fingerprint density at radius 1 is 1.50 bits per heavy atom. The Kier molecular flexibility index (Phi) is 1.84. The molecule has 1 aliphatic carbocycles. The van der Waals surface area contributed by atoms with Crippen LogP contribution in [0.15, 0.2) is 10.9 Å². The predicted octanol–water partition coefficient (Wildman–Crippen LogP) is 0.840. The van der Waals surface area contributed by atoms with Crippen LogP contribution in [-0.4, -0.2) is 16.7 Å². The number of rotatable bonds is 2. The number of hydrogen-bond donors (Lipinski definition) is 1. The van der Waals surface area contributed by atoms with Crippen LogP contribution in [0.5, 0.6) is 0 Å². The summed E-state index contributed by atoms with van der Waals surface area (Å²) in [7, 11) is 0. The zero-order valence-corrected chi connectivity index (χ0v) is 6.99. The molecule has 0 amide bonds. The van der Waals surface area contributed by atoms with Crippen LogP contribution in [0.3, 0.4) is 0 Å². The van der Waals surface area contributed by atoms with Crippen LogP contribution in [0, 0.1) is 0 Å². The van der Waals surface area contributed by atoms with Crippen molar-refractivity contribution >= 4 is 0 Å². The first-order chi connectivity index (χ1) is 5.87. The van der Waals surface area contributed by atoms with Crippen molar-refractivity contribution in [1.82, 2.24) is 10.1 Å². The molecule has 1 aromatic rings. The van der Waals surface area contributed by atoms with Gasteiger partial charge in [0.05, 0.1) is 5.41 Å².